The summed E-state index contributed by atoms with van der Waals surface area (Å²) in [6.07, 6.45) is 4.28. The third-order valence-corrected chi connectivity index (χ3v) is 2.15. The quantitative estimate of drug-likeness (QED) is 0.730. The summed E-state index contributed by atoms with van der Waals surface area (Å²) in [5, 5.41) is 3.38. The molecule has 74 valence electrons. The Labute approximate surface area is 80.3 Å². The molecule has 0 amide bonds. The van der Waals surface area contributed by atoms with Gasteiger partial charge in [-0.15, -0.1) is 0 Å². The van der Waals surface area contributed by atoms with Gasteiger partial charge in [-0.2, -0.15) is 0 Å². The van der Waals surface area contributed by atoms with E-state index in [1.807, 2.05) is 12.1 Å². The van der Waals surface area contributed by atoms with E-state index in [0.717, 1.165) is 24.8 Å². The van der Waals surface area contributed by atoms with Crippen molar-refractivity contribution in [2.75, 3.05) is 6.54 Å². The van der Waals surface area contributed by atoms with Crippen LogP contribution in [0.15, 0.2) is 22.8 Å². The zero-order chi connectivity index (χ0) is 9.52. The van der Waals surface area contributed by atoms with Gasteiger partial charge in [0.05, 0.1) is 12.8 Å². The topological polar surface area (TPSA) is 25.2 Å². The summed E-state index contributed by atoms with van der Waals surface area (Å²) in [7, 11) is 0. The molecule has 1 aromatic rings. The van der Waals surface area contributed by atoms with Crippen molar-refractivity contribution in [2.45, 2.75) is 33.2 Å². The molecule has 1 atom stereocenters. The normalized spacial score (nSPS) is 13.1. The van der Waals surface area contributed by atoms with Crippen molar-refractivity contribution in [3.63, 3.8) is 0 Å². The molecule has 0 unspecified atom stereocenters. The summed E-state index contributed by atoms with van der Waals surface area (Å²) >= 11 is 0. The largest absolute Gasteiger partial charge is 0.468 e. The Morgan fingerprint density at radius 3 is 3.00 bits per heavy atom. The first-order valence-electron chi connectivity index (χ1n) is 5.06. The van der Waals surface area contributed by atoms with Gasteiger partial charge in [0.15, 0.2) is 0 Å². The molecule has 1 aromatic heterocycles. The molecule has 2 nitrogen and oxygen atoms in total. The first-order chi connectivity index (χ1) is 6.33. The average molecular weight is 181 g/mol. The second-order valence-electron chi connectivity index (χ2n) is 3.60. The highest BCUT2D eigenvalue weighted by Crippen LogP contribution is 2.04. The van der Waals surface area contributed by atoms with E-state index in [1.165, 1.54) is 12.8 Å². The van der Waals surface area contributed by atoms with Gasteiger partial charge in [0, 0.05) is 0 Å². The first kappa shape index (κ1) is 10.3. The highest BCUT2D eigenvalue weighted by Gasteiger charge is 2.00. The number of nitrogens with one attached hydrogen (secondary N) is 1. The third-order valence-electron chi connectivity index (χ3n) is 2.15. The fourth-order valence-electron chi connectivity index (χ4n) is 1.45. The van der Waals surface area contributed by atoms with Crippen molar-refractivity contribution in [3.8, 4) is 0 Å². The molecule has 0 fully saturated rings. The Balaban J connectivity index is 2.07. The second-order valence-corrected chi connectivity index (χ2v) is 3.60. The standard InChI is InChI=1S/C11H19NO/c1-3-5-10(2)8-12-9-11-6-4-7-13-11/h4,6-7,10,12H,3,5,8-9H2,1-2H3/t10-/m0/s1. The molecule has 0 aliphatic carbocycles. The van der Waals surface area contributed by atoms with Crippen LogP contribution in [-0.4, -0.2) is 6.54 Å². The highest BCUT2D eigenvalue weighted by atomic mass is 16.3. The van der Waals surface area contributed by atoms with Gasteiger partial charge in [-0.1, -0.05) is 20.3 Å². The van der Waals surface area contributed by atoms with E-state index in [-0.39, 0.29) is 0 Å². The van der Waals surface area contributed by atoms with Gasteiger partial charge in [-0.3, -0.25) is 0 Å². The van der Waals surface area contributed by atoms with Crippen molar-refractivity contribution < 1.29 is 4.42 Å². The fourth-order valence-corrected chi connectivity index (χ4v) is 1.45. The first-order valence-corrected chi connectivity index (χ1v) is 5.06. The molecule has 0 spiro atoms. The SMILES string of the molecule is CCC[C@H](C)CNCc1ccco1. The van der Waals surface area contributed by atoms with E-state index in [0.29, 0.717) is 0 Å². The van der Waals surface area contributed by atoms with Crippen LogP contribution in [0.5, 0.6) is 0 Å². The molecule has 0 aliphatic rings. The van der Waals surface area contributed by atoms with Crippen LogP contribution in [0.4, 0.5) is 0 Å². The maximum atomic E-state index is 5.21. The molecule has 0 radical (unpaired) electrons. The van der Waals surface area contributed by atoms with Crippen molar-refractivity contribution in [1.82, 2.24) is 5.32 Å². The smallest absolute Gasteiger partial charge is 0.117 e. The van der Waals surface area contributed by atoms with E-state index >= 15 is 0 Å². The molecule has 0 saturated carbocycles. The number of rotatable bonds is 6. The lowest BCUT2D eigenvalue weighted by atomic mass is 10.1. The molecule has 13 heavy (non-hydrogen) atoms. The minimum Gasteiger partial charge on any atom is -0.468 e. The van der Waals surface area contributed by atoms with Gasteiger partial charge in [0.1, 0.15) is 5.76 Å². The van der Waals surface area contributed by atoms with Gasteiger partial charge in [-0.25, -0.2) is 0 Å². The zero-order valence-corrected chi connectivity index (χ0v) is 8.55. The van der Waals surface area contributed by atoms with Crippen molar-refractivity contribution in [3.05, 3.63) is 24.2 Å². The van der Waals surface area contributed by atoms with Gasteiger partial charge in [-0.05, 0) is 31.0 Å². The Bertz CT molecular complexity index is 206. The van der Waals surface area contributed by atoms with E-state index in [2.05, 4.69) is 19.2 Å². The minimum atomic E-state index is 0.764. The Kier molecular flexibility index (Phi) is 4.61. The Hall–Kier alpha value is -0.760. The summed E-state index contributed by atoms with van der Waals surface area (Å²) in [5.74, 6) is 1.78. The predicted molar refractivity (Wildman–Crippen MR) is 54.5 cm³/mol. The fraction of sp³-hybridized carbons (Fsp3) is 0.636. The van der Waals surface area contributed by atoms with Gasteiger partial charge < -0.3 is 9.73 Å². The Morgan fingerprint density at radius 1 is 1.54 bits per heavy atom. The third kappa shape index (κ3) is 4.13. The Morgan fingerprint density at radius 2 is 2.38 bits per heavy atom. The van der Waals surface area contributed by atoms with Gasteiger partial charge in [0.2, 0.25) is 0 Å². The van der Waals surface area contributed by atoms with E-state index in [4.69, 9.17) is 4.42 Å². The van der Waals surface area contributed by atoms with Crippen LogP contribution >= 0.6 is 0 Å². The van der Waals surface area contributed by atoms with Gasteiger partial charge in [0.25, 0.3) is 0 Å². The van der Waals surface area contributed by atoms with Crippen LogP contribution in [0, 0.1) is 5.92 Å². The summed E-state index contributed by atoms with van der Waals surface area (Å²) in [5.41, 5.74) is 0. The maximum Gasteiger partial charge on any atom is 0.117 e. The zero-order valence-electron chi connectivity index (χ0n) is 8.55. The van der Waals surface area contributed by atoms with Crippen LogP contribution in [-0.2, 0) is 6.54 Å². The van der Waals surface area contributed by atoms with Crippen LogP contribution in [0.2, 0.25) is 0 Å². The highest BCUT2D eigenvalue weighted by molar-refractivity contribution is 4.97. The lowest BCUT2D eigenvalue weighted by Gasteiger charge is -2.09. The number of hydrogen-bond acceptors (Lipinski definition) is 2. The van der Waals surface area contributed by atoms with E-state index < -0.39 is 0 Å². The second kappa shape index (κ2) is 5.81. The molecule has 0 bridgehead atoms. The van der Waals surface area contributed by atoms with Crippen molar-refractivity contribution in [1.29, 1.82) is 0 Å². The summed E-state index contributed by atoms with van der Waals surface area (Å²) < 4.78 is 5.21. The molecule has 2 heteroatoms. The monoisotopic (exact) mass is 181 g/mol. The molecular formula is C11H19NO. The lowest BCUT2D eigenvalue weighted by molar-refractivity contribution is 0.438. The lowest BCUT2D eigenvalue weighted by Crippen LogP contribution is -2.20. The summed E-state index contributed by atoms with van der Waals surface area (Å²) in [6.45, 7) is 6.43. The molecular weight excluding hydrogens is 162 g/mol. The van der Waals surface area contributed by atoms with E-state index in [9.17, 15) is 0 Å². The minimum absolute atomic E-state index is 0.764. The maximum absolute atomic E-state index is 5.21. The molecule has 1 N–H and O–H groups in total. The summed E-state index contributed by atoms with van der Waals surface area (Å²) in [4.78, 5) is 0. The molecule has 0 aromatic carbocycles. The molecule has 1 rings (SSSR count). The van der Waals surface area contributed by atoms with Gasteiger partial charge >= 0.3 is 0 Å². The predicted octanol–water partition coefficient (Wildman–Crippen LogP) is 2.81. The molecule has 1 heterocycles. The average Bonchev–Trinajstić information content (AvgIpc) is 2.57. The number of hydrogen-bond donors (Lipinski definition) is 1. The summed E-state index contributed by atoms with van der Waals surface area (Å²) in [6, 6.07) is 3.92. The van der Waals surface area contributed by atoms with Crippen LogP contribution in [0.1, 0.15) is 32.4 Å². The van der Waals surface area contributed by atoms with Crippen LogP contribution < -0.4 is 5.32 Å². The number of furan rings is 1. The van der Waals surface area contributed by atoms with Crippen LogP contribution in [0.3, 0.4) is 0 Å². The van der Waals surface area contributed by atoms with E-state index in [1.54, 1.807) is 6.26 Å². The van der Waals surface area contributed by atoms with Crippen LogP contribution in [0.25, 0.3) is 0 Å². The molecule has 0 saturated heterocycles. The molecule has 0 aliphatic heterocycles. The van der Waals surface area contributed by atoms with Crippen molar-refractivity contribution >= 4 is 0 Å². The van der Waals surface area contributed by atoms with Crippen molar-refractivity contribution in [2.24, 2.45) is 5.92 Å².